The van der Waals surface area contributed by atoms with E-state index >= 15 is 0 Å². The zero-order valence-electron chi connectivity index (χ0n) is 10.9. The number of benzene rings is 1. The average Bonchev–Trinajstić information content (AvgIpc) is 2.37. The summed E-state index contributed by atoms with van der Waals surface area (Å²) in [7, 11) is -3.45. The van der Waals surface area contributed by atoms with Crippen LogP contribution < -0.4 is 5.32 Å². The molecule has 0 aromatic heterocycles. The van der Waals surface area contributed by atoms with Crippen LogP contribution in [-0.4, -0.2) is 26.6 Å². The summed E-state index contributed by atoms with van der Waals surface area (Å²) in [6.45, 7) is 2.61. The first-order valence-electron chi connectivity index (χ1n) is 6.20. The second kappa shape index (κ2) is 7.50. The molecule has 1 N–H and O–H groups in total. The summed E-state index contributed by atoms with van der Waals surface area (Å²) < 4.78 is 24.0. The summed E-state index contributed by atoms with van der Waals surface area (Å²) in [5, 5.41) is 3.06. The van der Waals surface area contributed by atoms with Crippen LogP contribution in [0.4, 0.5) is 0 Å². The molecule has 0 saturated carbocycles. The first-order chi connectivity index (χ1) is 8.95. The molecule has 0 aliphatic carbocycles. The number of unbranched alkanes of at least 4 members (excludes halogenated alkanes) is 1. The molecule has 0 aliphatic rings. The topological polar surface area (TPSA) is 63.2 Å². The van der Waals surface area contributed by atoms with E-state index < -0.39 is 9.84 Å². The normalized spacial score (nSPS) is 11.3. The summed E-state index contributed by atoms with van der Waals surface area (Å²) >= 11 is 5.75. The van der Waals surface area contributed by atoms with Crippen molar-refractivity contribution in [2.45, 2.75) is 31.1 Å². The van der Waals surface area contributed by atoms with Crippen LogP contribution in [0.1, 0.15) is 26.2 Å². The molecule has 1 aromatic carbocycles. The fourth-order valence-corrected chi connectivity index (χ4v) is 3.04. The molecule has 4 nitrogen and oxygen atoms in total. The smallest absolute Gasteiger partial charge is 0.221 e. The van der Waals surface area contributed by atoms with Gasteiger partial charge in [0.05, 0.1) is 10.6 Å². The lowest BCUT2D eigenvalue weighted by Gasteiger charge is -2.06. The molecule has 1 aromatic rings. The predicted octanol–water partition coefficient (Wildman–Crippen LogP) is 2.42. The summed E-state index contributed by atoms with van der Waals surface area (Å²) in [5.74, 6) is -0.440. The molecule has 0 aliphatic heterocycles. The Balaban J connectivity index is 2.54. The van der Waals surface area contributed by atoms with Crippen molar-refractivity contribution in [3.05, 3.63) is 29.3 Å². The second-order valence-corrected chi connectivity index (χ2v) is 6.78. The first kappa shape index (κ1) is 16.0. The van der Waals surface area contributed by atoms with Crippen LogP contribution in [0.15, 0.2) is 29.2 Å². The minimum atomic E-state index is -3.45. The Morgan fingerprint density at radius 3 is 2.74 bits per heavy atom. The van der Waals surface area contributed by atoms with E-state index in [1.54, 1.807) is 12.1 Å². The van der Waals surface area contributed by atoms with Gasteiger partial charge in [-0.15, -0.1) is 0 Å². The summed E-state index contributed by atoms with van der Waals surface area (Å²) in [6.07, 6.45) is 1.85. The minimum Gasteiger partial charge on any atom is -0.356 e. The van der Waals surface area contributed by atoms with Crippen molar-refractivity contribution < 1.29 is 13.2 Å². The maximum atomic E-state index is 12.0. The highest BCUT2D eigenvalue weighted by Crippen LogP contribution is 2.17. The van der Waals surface area contributed by atoms with Gasteiger partial charge >= 0.3 is 0 Å². The third kappa shape index (κ3) is 5.61. The number of amides is 1. The van der Waals surface area contributed by atoms with Crippen molar-refractivity contribution in [3.63, 3.8) is 0 Å². The molecule has 0 spiro atoms. The van der Waals surface area contributed by atoms with E-state index in [2.05, 4.69) is 5.32 Å². The van der Waals surface area contributed by atoms with E-state index in [9.17, 15) is 13.2 Å². The molecule has 6 heteroatoms. The molecule has 1 amide bonds. The monoisotopic (exact) mass is 303 g/mol. The maximum Gasteiger partial charge on any atom is 0.221 e. The van der Waals surface area contributed by atoms with Crippen LogP contribution >= 0.6 is 11.6 Å². The van der Waals surface area contributed by atoms with Crippen LogP contribution in [0.3, 0.4) is 0 Å². The highest BCUT2D eigenvalue weighted by molar-refractivity contribution is 7.91. The number of carbonyl (C=O) groups is 1. The van der Waals surface area contributed by atoms with Crippen LogP contribution in [0.5, 0.6) is 0 Å². The van der Waals surface area contributed by atoms with Gasteiger partial charge in [0, 0.05) is 18.0 Å². The lowest BCUT2D eigenvalue weighted by atomic mass is 10.3. The van der Waals surface area contributed by atoms with Gasteiger partial charge in [0.1, 0.15) is 0 Å². The summed E-state index contributed by atoms with van der Waals surface area (Å²) in [6, 6.07) is 6.07. The number of halogens is 1. The number of nitrogens with one attached hydrogen (secondary N) is 1. The van der Waals surface area contributed by atoms with E-state index in [4.69, 9.17) is 11.6 Å². The maximum absolute atomic E-state index is 12.0. The molecule has 0 bridgehead atoms. The van der Waals surface area contributed by atoms with Gasteiger partial charge in [0.15, 0.2) is 9.84 Å². The molecule has 106 valence electrons. The molecule has 0 radical (unpaired) electrons. The molecule has 0 unspecified atom stereocenters. The third-order valence-corrected chi connectivity index (χ3v) is 4.55. The van der Waals surface area contributed by atoms with Crippen LogP contribution in [0.2, 0.25) is 5.02 Å². The Hall–Kier alpha value is -1.07. The quantitative estimate of drug-likeness (QED) is 0.787. The summed E-state index contributed by atoms with van der Waals surface area (Å²) in [5.41, 5.74) is 0. The second-order valence-electron chi connectivity index (χ2n) is 4.23. The van der Waals surface area contributed by atoms with E-state index in [-0.39, 0.29) is 23.0 Å². The van der Waals surface area contributed by atoms with Crippen LogP contribution in [-0.2, 0) is 14.6 Å². The van der Waals surface area contributed by atoms with Gasteiger partial charge in [-0.3, -0.25) is 4.79 Å². The van der Waals surface area contributed by atoms with E-state index in [0.29, 0.717) is 11.6 Å². The molecule has 1 rings (SSSR count). The molecule has 0 saturated heterocycles. The molecular formula is C13H18ClNO3S. The van der Waals surface area contributed by atoms with E-state index in [1.165, 1.54) is 12.1 Å². The highest BCUT2D eigenvalue weighted by Gasteiger charge is 2.16. The summed E-state index contributed by atoms with van der Waals surface area (Å²) in [4.78, 5) is 11.6. The fourth-order valence-electron chi connectivity index (χ4n) is 1.50. The Morgan fingerprint density at radius 2 is 2.11 bits per heavy atom. The van der Waals surface area contributed by atoms with Gasteiger partial charge in [0.25, 0.3) is 0 Å². The number of rotatable bonds is 7. The Labute approximate surface area is 119 Å². The van der Waals surface area contributed by atoms with Gasteiger partial charge in [-0.2, -0.15) is 0 Å². The van der Waals surface area contributed by atoms with Gasteiger partial charge in [0.2, 0.25) is 5.91 Å². The van der Waals surface area contributed by atoms with Gasteiger partial charge in [-0.1, -0.05) is 31.0 Å². The van der Waals surface area contributed by atoms with E-state index in [1.807, 2.05) is 6.92 Å². The highest BCUT2D eigenvalue weighted by atomic mass is 35.5. The van der Waals surface area contributed by atoms with Crippen molar-refractivity contribution >= 4 is 27.3 Å². The number of carbonyl (C=O) groups excluding carboxylic acids is 1. The van der Waals surface area contributed by atoms with Crippen molar-refractivity contribution in [1.82, 2.24) is 5.32 Å². The van der Waals surface area contributed by atoms with Crippen LogP contribution in [0.25, 0.3) is 0 Å². The SMILES string of the molecule is CCCCNC(=O)CCS(=O)(=O)c1cccc(Cl)c1. The lowest BCUT2D eigenvalue weighted by Crippen LogP contribution is -2.26. The largest absolute Gasteiger partial charge is 0.356 e. The van der Waals surface area contributed by atoms with Gasteiger partial charge < -0.3 is 5.32 Å². The first-order valence-corrected chi connectivity index (χ1v) is 8.24. The van der Waals surface area contributed by atoms with E-state index in [0.717, 1.165) is 12.8 Å². The lowest BCUT2D eigenvalue weighted by molar-refractivity contribution is -0.120. The van der Waals surface area contributed by atoms with Crippen molar-refractivity contribution in [2.75, 3.05) is 12.3 Å². The molecule has 0 atom stereocenters. The average molecular weight is 304 g/mol. The standard InChI is InChI=1S/C13H18ClNO3S/c1-2-3-8-15-13(16)7-9-19(17,18)12-6-4-5-11(14)10-12/h4-6,10H,2-3,7-9H2,1H3,(H,15,16). The molecule has 0 fully saturated rings. The van der Waals surface area contributed by atoms with Crippen molar-refractivity contribution in [1.29, 1.82) is 0 Å². The fraction of sp³-hybridized carbons (Fsp3) is 0.462. The molecule has 0 heterocycles. The zero-order valence-corrected chi connectivity index (χ0v) is 12.4. The van der Waals surface area contributed by atoms with Gasteiger partial charge in [-0.05, 0) is 24.6 Å². The Morgan fingerprint density at radius 1 is 1.37 bits per heavy atom. The Bertz CT molecular complexity index is 528. The third-order valence-electron chi connectivity index (χ3n) is 2.61. The minimum absolute atomic E-state index is 0.0292. The molecule has 19 heavy (non-hydrogen) atoms. The van der Waals surface area contributed by atoms with Crippen molar-refractivity contribution in [3.8, 4) is 0 Å². The number of hydrogen-bond donors (Lipinski definition) is 1. The van der Waals surface area contributed by atoms with Crippen molar-refractivity contribution in [2.24, 2.45) is 0 Å². The number of sulfone groups is 1. The number of hydrogen-bond acceptors (Lipinski definition) is 3. The zero-order chi connectivity index (χ0) is 14.3. The Kier molecular flexibility index (Phi) is 6.31. The van der Waals surface area contributed by atoms with Crippen LogP contribution in [0, 0.1) is 0 Å². The predicted molar refractivity (Wildman–Crippen MR) is 76.0 cm³/mol. The molecular weight excluding hydrogens is 286 g/mol. The van der Waals surface area contributed by atoms with Gasteiger partial charge in [-0.25, -0.2) is 8.42 Å².